The minimum atomic E-state index is -0.578. The lowest BCUT2D eigenvalue weighted by Gasteiger charge is -2.41. The molecule has 5 heteroatoms. The first-order valence-electron chi connectivity index (χ1n) is 5.26. The molecule has 2 rings (SSSR count). The van der Waals surface area contributed by atoms with Crippen molar-refractivity contribution in [2.75, 3.05) is 13.1 Å². The summed E-state index contributed by atoms with van der Waals surface area (Å²) in [6, 6.07) is 0. The highest BCUT2D eigenvalue weighted by Crippen LogP contribution is 2.36. The molecule has 2 aliphatic heterocycles. The standard InChI is InChI=1S/C11H15N3O2/c1-3-8-9(12-2)14-10(15)16-11(8)4-6-13-7-5-11/h3,13H,1-2,4-7H2,(H,14,15). The van der Waals surface area contributed by atoms with Gasteiger partial charge in [-0.15, -0.1) is 0 Å². The van der Waals surface area contributed by atoms with E-state index in [1.54, 1.807) is 6.08 Å². The van der Waals surface area contributed by atoms with Gasteiger partial charge in [-0.1, -0.05) is 12.7 Å². The van der Waals surface area contributed by atoms with Gasteiger partial charge in [0.05, 0.1) is 0 Å². The Morgan fingerprint density at radius 1 is 1.44 bits per heavy atom. The van der Waals surface area contributed by atoms with E-state index >= 15 is 0 Å². The van der Waals surface area contributed by atoms with Gasteiger partial charge in [-0.25, -0.2) is 9.79 Å². The van der Waals surface area contributed by atoms with E-state index in [2.05, 4.69) is 28.9 Å². The minimum Gasteiger partial charge on any atom is -0.438 e. The number of rotatable bonds is 2. The Labute approximate surface area is 94.3 Å². The number of nitrogens with zero attached hydrogens (tertiary/aromatic N) is 1. The number of hydrogen-bond acceptors (Lipinski definition) is 4. The summed E-state index contributed by atoms with van der Waals surface area (Å²) < 4.78 is 5.44. The van der Waals surface area contributed by atoms with Crippen molar-refractivity contribution in [3.63, 3.8) is 0 Å². The molecule has 0 bridgehead atoms. The van der Waals surface area contributed by atoms with Gasteiger partial charge in [0.15, 0.2) is 0 Å². The zero-order valence-corrected chi connectivity index (χ0v) is 9.08. The second kappa shape index (κ2) is 4.09. The zero-order chi connectivity index (χ0) is 11.6. The number of aliphatic imine (C=N–C) groups is 1. The molecule has 1 saturated heterocycles. The van der Waals surface area contributed by atoms with E-state index in [1.165, 1.54) is 0 Å². The predicted molar refractivity (Wildman–Crippen MR) is 61.2 cm³/mol. The first-order valence-corrected chi connectivity index (χ1v) is 5.26. The van der Waals surface area contributed by atoms with E-state index in [9.17, 15) is 4.79 Å². The highest BCUT2D eigenvalue weighted by atomic mass is 16.6. The molecule has 1 spiro atoms. The quantitative estimate of drug-likeness (QED) is 0.682. The van der Waals surface area contributed by atoms with Crippen molar-refractivity contribution < 1.29 is 9.53 Å². The first kappa shape index (κ1) is 10.9. The highest BCUT2D eigenvalue weighted by Gasteiger charge is 2.43. The third-order valence-electron chi connectivity index (χ3n) is 3.03. The van der Waals surface area contributed by atoms with Crippen LogP contribution in [0.3, 0.4) is 0 Å². The maximum absolute atomic E-state index is 11.5. The molecule has 0 radical (unpaired) electrons. The Morgan fingerprint density at radius 2 is 2.12 bits per heavy atom. The van der Waals surface area contributed by atoms with Crippen molar-refractivity contribution in [2.24, 2.45) is 4.99 Å². The van der Waals surface area contributed by atoms with Gasteiger partial charge in [0.2, 0.25) is 0 Å². The third kappa shape index (κ3) is 1.63. The Hall–Kier alpha value is -1.62. The smallest absolute Gasteiger partial charge is 0.413 e. The lowest BCUT2D eigenvalue weighted by atomic mass is 9.83. The molecule has 2 aliphatic rings. The molecule has 86 valence electrons. The number of hydrogen-bond donors (Lipinski definition) is 2. The lowest BCUT2D eigenvalue weighted by Crippen LogP contribution is -2.51. The molecule has 0 aromatic heterocycles. The summed E-state index contributed by atoms with van der Waals surface area (Å²) in [4.78, 5) is 15.3. The van der Waals surface area contributed by atoms with Gasteiger partial charge in [0.1, 0.15) is 11.4 Å². The Balaban J connectivity index is 2.44. The summed E-state index contributed by atoms with van der Waals surface area (Å²) in [6.45, 7) is 8.84. The Morgan fingerprint density at radius 3 is 2.69 bits per heavy atom. The fourth-order valence-corrected chi connectivity index (χ4v) is 2.25. The Kier molecular flexibility index (Phi) is 2.78. The van der Waals surface area contributed by atoms with Crippen LogP contribution in [0, 0.1) is 0 Å². The number of piperidine rings is 1. The van der Waals surface area contributed by atoms with Gasteiger partial charge >= 0.3 is 6.09 Å². The zero-order valence-electron chi connectivity index (χ0n) is 9.08. The predicted octanol–water partition coefficient (Wildman–Crippen LogP) is 0.947. The second-order valence-electron chi connectivity index (χ2n) is 3.88. The average Bonchev–Trinajstić information content (AvgIpc) is 2.29. The summed E-state index contributed by atoms with van der Waals surface area (Å²) >= 11 is 0. The Bertz CT molecular complexity index is 367. The van der Waals surface area contributed by atoms with E-state index in [0.29, 0.717) is 5.82 Å². The molecule has 1 amide bonds. The van der Waals surface area contributed by atoms with Crippen molar-refractivity contribution in [2.45, 2.75) is 18.4 Å². The molecule has 16 heavy (non-hydrogen) atoms. The first-order chi connectivity index (χ1) is 7.72. The van der Waals surface area contributed by atoms with E-state index in [-0.39, 0.29) is 0 Å². The van der Waals surface area contributed by atoms with Crippen molar-refractivity contribution in [3.8, 4) is 0 Å². The van der Waals surface area contributed by atoms with E-state index < -0.39 is 11.7 Å². The van der Waals surface area contributed by atoms with Crippen LogP contribution in [0.25, 0.3) is 0 Å². The maximum atomic E-state index is 11.5. The third-order valence-corrected chi connectivity index (χ3v) is 3.03. The molecule has 5 nitrogen and oxygen atoms in total. The van der Waals surface area contributed by atoms with Gasteiger partial charge in [-0.05, 0) is 19.8 Å². The van der Waals surface area contributed by atoms with Crippen molar-refractivity contribution in [1.29, 1.82) is 0 Å². The molecule has 2 N–H and O–H groups in total. The fraction of sp³-hybridized carbons (Fsp3) is 0.455. The molecule has 0 aliphatic carbocycles. The number of amides is 1. The second-order valence-corrected chi connectivity index (χ2v) is 3.88. The fourth-order valence-electron chi connectivity index (χ4n) is 2.25. The largest absolute Gasteiger partial charge is 0.438 e. The molecule has 0 unspecified atom stereocenters. The number of carbonyl (C=O) groups excluding carboxylic acids is 1. The summed E-state index contributed by atoms with van der Waals surface area (Å²) in [7, 11) is 0. The normalized spacial score (nSPS) is 23.6. The molecule has 0 aromatic rings. The highest BCUT2D eigenvalue weighted by molar-refractivity contribution is 5.73. The SMILES string of the molecule is C=CC1=C(N=C)NC(=O)OC12CCNCC2. The van der Waals surface area contributed by atoms with Gasteiger partial charge in [0, 0.05) is 18.4 Å². The maximum Gasteiger partial charge on any atom is 0.413 e. The van der Waals surface area contributed by atoms with Crippen LogP contribution >= 0.6 is 0 Å². The summed E-state index contributed by atoms with van der Waals surface area (Å²) in [6.07, 6.45) is 2.70. The van der Waals surface area contributed by atoms with Crippen LogP contribution in [0.5, 0.6) is 0 Å². The van der Waals surface area contributed by atoms with Crippen LogP contribution in [-0.4, -0.2) is 31.5 Å². The van der Waals surface area contributed by atoms with Crippen LogP contribution in [-0.2, 0) is 4.74 Å². The molecular formula is C11H15N3O2. The van der Waals surface area contributed by atoms with Crippen LogP contribution < -0.4 is 10.6 Å². The molecule has 0 saturated carbocycles. The van der Waals surface area contributed by atoms with Crippen molar-refractivity contribution in [3.05, 3.63) is 24.0 Å². The van der Waals surface area contributed by atoms with E-state index in [1.807, 2.05) is 0 Å². The van der Waals surface area contributed by atoms with Crippen LogP contribution in [0.15, 0.2) is 29.0 Å². The lowest BCUT2D eigenvalue weighted by molar-refractivity contribution is 0.0116. The van der Waals surface area contributed by atoms with Gasteiger partial charge < -0.3 is 10.1 Å². The summed E-state index contributed by atoms with van der Waals surface area (Å²) in [5.41, 5.74) is 0.245. The van der Waals surface area contributed by atoms with Gasteiger partial charge in [-0.3, -0.25) is 5.32 Å². The molecule has 0 atom stereocenters. The monoisotopic (exact) mass is 221 g/mol. The number of ether oxygens (including phenoxy) is 1. The van der Waals surface area contributed by atoms with Gasteiger partial charge in [0.25, 0.3) is 0 Å². The number of carbonyl (C=O) groups is 1. The molecular weight excluding hydrogens is 206 g/mol. The van der Waals surface area contributed by atoms with Crippen molar-refractivity contribution in [1.82, 2.24) is 10.6 Å². The molecule has 0 aromatic carbocycles. The molecule has 1 fully saturated rings. The molecule has 2 heterocycles. The van der Waals surface area contributed by atoms with Gasteiger partial charge in [-0.2, -0.15) is 0 Å². The average molecular weight is 221 g/mol. The summed E-state index contributed by atoms with van der Waals surface area (Å²) in [5, 5.41) is 5.77. The number of alkyl carbamates (subject to hydrolysis) is 1. The number of nitrogens with one attached hydrogen (secondary N) is 2. The van der Waals surface area contributed by atoms with Crippen LogP contribution in [0.1, 0.15) is 12.8 Å². The summed E-state index contributed by atoms with van der Waals surface area (Å²) in [5.74, 6) is 0.466. The minimum absolute atomic E-state index is 0.463. The topological polar surface area (TPSA) is 62.7 Å². The van der Waals surface area contributed by atoms with E-state index in [0.717, 1.165) is 31.5 Å². The van der Waals surface area contributed by atoms with E-state index in [4.69, 9.17) is 4.74 Å². The van der Waals surface area contributed by atoms with Crippen molar-refractivity contribution >= 4 is 12.8 Å². The van der Waals surface area contributed by atoms with Crippen LogP contribution in [0.2, 0.25) is 0 Å². The van der Waals surface area contributed by atoms with Crippen LogP contribution in [0.4, 0.5) is 4.79 Å².